The van der Waals surface area contributed by atoms with Gasteiger partial charge in [0.25, 0.3) is 5.91 Å². The maximum Gasteiger partial charge on any atom is 0.255 e. The number of carbonyl (C=O) groups is 1. The van der Waals surface area contributed by atoms with E-state index in [1.54, 1.807) is 0 Å². The molecule has 0 saturated heterocycles. The molecule has 19 heavy (non-hydrogen) atoms. The van der Waals surface area contributed by atoms with Gasteiger partial charge in [-0.25, -0.2) is 0 Å². The highest BCUT2D eigenvalue weighted by molar-refractivity contribution is 6.04. The molecule has 2 rings (SSSR count). The SMILES string of the molecule is CCNCc1ccccc1NC(=O)c1ccccc1. The minimum atomic E-state index is -0.0791. The van der Waals surface area contributed by atoms with Gasteiger partial charge in [0.15, 0.2) is 0 Å². The predicted octanol–water partition coefficient (Wildman–Crippen LogP) is 3.05. The largest absolute Gasteiger partial charge is 0.322 e. The van der Waals surface area contributed by atoms with E-state index in [2.05, 4.69) is 17.6 Å². The molecule has 0 saturated carbocycles. The van der Waals surface area contributed by atoms with Crippen LogP contribution in [0.3, 0.4) is 0 Å². The molecule has 0 aliphatic carbocycles. The lowest BCUT2D eigenvalue weighted by Crippen LogP contribution is -2.17. The van der Waals surface area contributed by atoms with Crippen molar-refractivity contribution in [2.24, 2.45) is 0 Å². The van der Waals surface area contributed by atoms with E-state index < -0.39 is 0 Å². The maximum atomic E-state index is 12.1. The molecular formula is C16H18N2O. The van der Waals surface area contributed by atoms with Gasteiger partial charge in [-0.1, -0.05) is 43.3 Å². The first-order chi connectivity index (χ1) is 9.31. The van der Waals surface area contributed by atoms with E-state index in [4.69, 9.17) is 0 Å². The number of amides is 1. The number of rotatable bonds is 5. The number of carbonyl (C=O) groups excluding carboxylic acids is 1. The van der Waals surface area contributed by atoms with Crippen LogP contribution < -0.4 is 10.6 Å². The summed E-state index contributed by atoms with van der Waals surface area (Å²) in [5.41, 5.74) is 2.62. The highest BCUT2D eigenvalue weighted by atomic mass is 16.1. The van der Waals surface area contributed by atoms with Crippen LogP contribution in [0.15, 0.2) is 54.6 Å². The molecule has 3 nitrogen and oxygen atoms in total. The lowest BCUT2D eigenvalue weighted by Gasteiger charge is -2.11. The normalized spacial score (nSPS) is 10.2. The summed E-state index contributed by atoms with van der Waals surface area (Å²) in [6.45, 7) is 3.72. The van der Waals surface area contributed by atoms with Crippen molar-refractivity contribution in [3.05, 3.63) is 65.7 Å². The summed E-state index contributed by atoms with van der Waals surface area (Å²) >= 11 is 0. The van der Waals surface area contributed by atoms with Gasteiger partial charge in [0.2, 0.25) is 0 Å². The molecule has 3 heteroatoms. The smallest absolute Gasteiger partial charge is 0.255 e. The van der Waals surface area contributed by atoms with Crippen LogP contribution >= 0.6 is 0 Å². The Morgan fingerprint density at radius 3 is 2.42 bits per heavy atom. The Labute approximate surface area is 113 Å². The molecule has 0 aliphatic heterocycles. The fourth-order valence-electron chi connectivity index (χ4n) is 1.84. The van der Waals surface area contributed by atoms with Gasteiger partial charge in [0.05, 0.1) is 0 Å². The summed E-state index contributed by atoms with van der Waals surface area (Å²) in [6.07, 6.45) is 0. The maximum absolute atomic E-state index is 12.1. The van der Waals surface area contributed by atoms with E-state index in [-0.39, 0.29) is 5.91 Å². The molecule has 0 aliphatic rings. The van der Waals surface area contributed by atoms with Gasteiger partial charge in [0, 0.05) is 17.8 Å². The Bertz CT molecular complexity index is 537. The molecule has 98 valence electrons. The van der Waals surface area contributed by atoms with Crippen LogP contribution in [0.1, 0.15) is 22.8 Å². The summed E-state index contributed by atoms with van der Waals surface area (Å²) in [6, 6.07) is 17.1. The van der Waals surface area contributed by atoms with Crippen molar-refractivity contribution in [2.45, 2.75) is 13.5 Å². The third-order valence-electron chi connectivity index (χ3n) is 2.87. The van der Waals surface area contributed by atoms with Crippen molar-refractivity contribution in [1.82, 2.24) is 5.32 Å². The molecule has 0 aromatic heterocycles. The van der Waals surface area contributed by atoms with Crippen molar-refractivity contribution < 1.29 is 4.79 Å². The summed E-state index contributed by atoms with van der Waals surface area (Å²) in [5, 5.41) is 6.22. The zero-order valence-electron chi connectivity index (χ0n) is 11.0. The van der Waals surface area contributed by atoms with Crippen LogP contribution in [0.4, 0.5) is 5.69 Å². The summed E-state index contributed by atoms with van der Waals surface area (Å²) in [4.78, 5) is 12.1. The zero-order chi connectivity index (χ0) is 13.5. The first-order valence-corrected chi connectivity index (χ1v) is 6.46. The van der Waals surface area contributed by atoms with Crippen molar-refractivity contribution in [3.63, 3.8) is 0 Å². The van der Waals surface area contributed by atoms with Crippen molar-refractivity contribution in [3.8, 4) is 0 Å². The van der Waals surface area contributed by atoms with Crippen molar-refractivity contribution >= 4 is 11.6 Å². The Morgan fingerprint density at radius 1 is 1.00 bits per heavy atom. The molecule has 2 aromatic rings. The molecule has 0 bridgehead atoms. The Morgan fingerprint density at radius 2 is 1.68 bits per heavy atom. The van der Waals surface area contributed by atoms with E-state index in [0.717, 1.165) is 24.3 Å². The lowest BCUT2D eigenvalue weighted by atomic mass is 10.1. The summed E-state index contributed by atoms with van der Waals surface area (Å²) in [7, 11) is 0. The van der Waals surface area contributed by atoms with E-state index in [9.17, 15) is 4.79 Å². The van der Waals surface area contributed by atoms with Crippen LogP contribution in [0.5, 0.6) is 0 Å². The predicted molar refractivity (Wildman–Crippen MR) is 78.2 cm³/mol. The Hall–Kier alpha value is -2.13. The number of hydrogen-bond donors (Lipinski definition) is 2. The number of anilines is 1. The Kier molecular flexibility index (Phi) is 4.70. The molecule has 2 aromatic carbocycles. The summed E-state index contributed by atoms with van der Waals surface area (Å²) < 4.78 is 0. The van der Waals surface area contributed by atoms with Gasteiger partial charge >= 0.3 is 0 Å². The van der Waals surface area contributed by atoms with Gasteiger partial charge in [-0.2, -0.15) is 0 Å². The van der Waals surface area contributed by atoms with Gasteiger partial charge in [-0.15, -0.1) is 0 Å². The van der Waals surface area contributed by atoms with E-state index in [1.165, 1.54) is 0 Å². The molecule has 0 fully saturated rings. The van der Waals surface area contributed by atoms with Gasteiger partial charge in [-0.3, -0.25) is 4.79 Å². The number of hydrogen-bond acceptors (Lipinski definition) is 2. The first-order valence-electron chi connectivity index (χ1n) is 6.46. The first kappa shape index (κ1) is 13.3. The topological polar surface area (TPSA) is 41.1 Å². The third-order valence-corrected chi connectivity index (χ3v) is 2.87. The third kappa shape index (κ3) is 3.66. The average molecular weight is 254 g/mol. The molecule has 2 N–H and O–H groups in total. The quantitative estimate of drug-likeness (QED) is 0.861. The molecule has 0 radical (unpaired) electrons. The van der Waals surface area contributed by atoms with Gasteiger partial charge in [-0.05, 0) is 30.3 Å². The monoisotopic (exact) mass is 254 g/mol. The fraction of sp³-hybridized carbons (Fsp3) is 0.188. The van der Waals surface area contributed by atoms with Gasteiger partial charge < -0.3 is 10.6 Å². The van der Waals surface area contributed by atoms with Crippen LogP contribution in [0.2, 0.25) is 0 Å². The molecule has 0 atom stereocenters. The Balaban J connectivity index is 2.12. The molecule has 0 spiro atoms. The molecule has 0 heterocycles. The molecule has 0 unspecified atom stereocenters. The van der Waals surface area contributed by atoms with Crippen molar-refractivity contribution in [1.29, 1.82) is 0 Å². The molecule has 1 amide bonds. The van der Waals surface area contributed by atoms with E-state index in [1.807, 2.05) is 54.6 Å². The second kappa shape index (κ2) is 6.71. The van der Waals surface area contributed by atoms with Crippen LogP contribution in [0, 0.1) is 0 Å². The second-order valence-electron chi connectivity index (χ2n) is 4.26. The number of nitrogens with one attached hydrogen (secondary N) is 2. The number of benzene rings is 2. The second-order valence-corrected chi connectivity index (χ2v) is 4.26. The van der Waals surface area contributed by atoms with Crippen LogP contribution in [-0.4, -0.2) is 12.5 Å². The van der Waals surface area contributed by atoms with Crippen LogP contribution in [0.25, 0.3) is 0 Å². The standard InChI is InChI=1S/C16H18N2O/c1-2-17-12-14-10-6-7-11-15(14)18-16(19)13-8-4-3-5-9-13/h3-11,17H,2,12H2,1H3,(H,18,19). The highest BCUT2D eigenvalue weighted by Crippen LogP contribution is 2.16. The number of para-hydroxylation sites is 1. The summed E-state index contributed by atoms with van der Waals surface area (Å²) in [5.74, 6) is -0.0791. The minimum absolute atomic E-state index is 0.0791. The lowest BCUT2D eigenvalue weighted by molar-refractivity contribution is 0.102. The van der Waals surface area contributed by atoms with Gasteiger partial charge in [0.1, 0.15) is 0 Å². The average Bonchev–Trinajstić information content (AvgIpc) is 2.47. The molecular weight excluding hydrogens is 236 g/mol. The van der Waals surface area contributed by atoms with Crippen LogP contribution in [-0.2, 0) is 6.54 Å². The van der Waals surface area contributed by atoms with Crippen molar-refractivity contribution in [2.75, 3.05) is 11.9 Å². The fourth-order valence-corrected chi connectivity index (χ4v) is 1.84. The minimum Gasteiger partial charge on any atom is -0.322 e. The van der Waals surface area contributed by atoms with E-state index in [0.29, 0.717) is 5.56 Å². The van der Waals surface area contributed by atoms with E-state index >= 15 is 0 Å². The zero-order valence-corrected chi connectivity index (χ0v) is 11.0. The highest BCUT2D eigenvalue weighted by Gasteiger charge is 2.07.